The summed E-state index contributed by atoms with van der Waals surface area (Å²) in [5.41, 5.74) is 1.75. The summed E-state index contributed by atoms with van der Waals surface area (Å²) in [5, 5.41) is 6.31. The van der Waals surface area contributed by atoms with Gasteiger partial charge in [-0.15, -0.1) is 0 Å². The van der Waals surface area contributed by atoms with E-state index in [0.29, 0.717) is 28.4 Å². The van der Waals surface area contributed by atoms with E-state index in [1.165, 1.54) is 18.3 Å². The Kier molecular flexibility index (Phi) is 4.42. The van der Waals surface area contributed by atoms with E-state index >= 15 is 0 Å². The zero-order valence-electron chi connectivity index (χ0n) is 13.8. The molecule has 1 amide bonds. The van der Waals surface area contributed by atoms with E-state index in [0.717, 1.165) is 0 Å². The van der Waals surface area contributed by atoms with Crippen LogP contribution in [0.25, 0.3) is 0 Å². The number of aromatic nitrogens is 3. The third-order valence-electron chi connectivity index (χ3n) is 3.52. The molecular formula is C17H15FN4O3. The molecule has 0 aliphatic carbocycles. The van der Waals surface area contributed by atoms with E-state index in [4.69, 9.17) is 9.26 Å². The van der Waals surface area contributed by atoms with E-state index in [1.54, 1.807) is 32.9 Å². The molecule has 0 fully saturated rings. The van der Waals surface area contributed by atoms with Gasteiger partial charge in [-0.1, -0.05) is 17.3 Å². The van der Waals surface area contributed by atoms with E-state index in [1.807, 2.05) is 0 Å². The maximum atomic E-state index is 13.7. The van der Waals surface area contributed by atoms with Crippen LogP contribution in [0.5, 0.6) is 11.8 Å². The fraction of sp³-hybridized carbons (Fsp3) is 0.176. The summed E-state index contributed by atoms with van der Waals surface area (Å²) in [6.45, 7) is 5.03. The number of anilines is 1. The number of hydrogen-bond acceptors (Lipinski definition) is 6. The number of para-hydroxylation sites is 1. The molecule has 2 aromatic heterocycles. The standard InChI is InChI=1S/C17H15FN4O3/c1-9-15(22-16(23)12-8-19-25-11(12)3)10(2)21-17(20-9)24-14-7-5-4-6-13(14)18/h4-8H,1-3H3,(H,22,23). The molecule has 0 saturated heterocycles. The largest absolute Gasteiger partial charge is 0.421 e. The van der Waals surface area contributed by atoms with Crippen LogP contribution in [0.15, 0.2) is 35.0 Å². The minimum atomic E-state index is -0.512. The number of aryl methyl sites for hydroxylation is 3. The second kappa shape index (κ2) is 6.68. The van der Waals surface area contributed by atoms with Crippen molar-refractivity contribution in [3.8, 4) is 11.8 Å². The first kappa shape index (κ1) is 16.6. The molecule has 0 atom stereocenters. The van der Waals surface area contributed by atoms with Crippen molar-refractivity contribution in [2.24, 2.45) is 0 Å². The van der Waals surface area contributed by atoms with Gasteiger partial charge in [0.15, 0.2) is 11.6 Å². The highest BCUT2D eigenvalue weighted by molar-refractivity contribution is 6.05. The monoisotopic (exact) mass is 342 g/mol. The van der Waals surface area contributed by atoms with Crippen LogP contribution in [-0.4, -0.2) is 21.0 Å². The van der Waals surface area contributed by atoms with Crippen LogP contribution < -0.4 is 10.1 Å². The second-order valence-corrected chi connectivity index (χ2v) is 5.33. The molecule has 8 heteroatoms. The molecule has 3 aromatic rings. The van der Waals surface area contributed by atoms with Crippen molar-refractivity contribution < 1.29 is 18.4 Å². The number of halogens is 1. The predicted molar refractivity (Wildman–Crippen MR) is 87.2 cm³/mol. The molecule has 0 spiro atoms. The third kappa shape index (κ3) is 3.47. The van der Waals surface area contributed by atoms with E-state index in [9.17, 15) is 9.18 Å². The lowest BCUT2D eigenvalue weighted by atomic mass is 10.2. The molecule has 1 N–H and O–H groups in total. The van der Waals surface area contributed by atoms with Crippen molar-refractivity contribution >= 4 is 11.6 Å². The molecule has 0 radical (unpaired) electrons. The lowest BCUT2D eigenvalue weighted by Gasteiger charge is -2.12. The predicted octanol–water partition coefficient (Wildman–Crippen LogP) is 3.57. The molecule has 0 aliphatic rings. The minimum absolute atomic E-state index is 0.000688. The Morgan fingerprint density at radius 2 is 1.84 bits per heavy atom. The van der Waals surface area contributed by atoms with Crippen molar-refractivity contribution in [1.29, 1.82) is 0 Å². The molecular weight excluding hydrogens is 327 g/mol. The number of ether oxygens (including phenoxy) is 1. The Labute approximate surface area is 142 Å². The average molecular weight is 342 g/mol. The van der Waals surface area contributed by atoms with Gasteiger partial charge in [0.1, 0.15) is 11.3 Å². The molecule has 0 saturated carbocycles. The number of hydrogen-bond donors (Lipinski definition) is 1. The third-order valence-corrected chi connectivity index (χ3v) is 3.52. The van der Waals surface area contributed by atoms with Gasteiger partial charge in [-0.2, -0.15) is 9.97 Å². The summed E-state index contributed by atoms with van der Waals surface area (Å²) in [6, 6.07) is 5.97. The topological polar surface area (TPSA) is 90.1 Å². The number of nitrogens with one attached hydrogen (secondary N) is 1. The first-order valence-corrected chi connectivity index (χ1v) is 7.46. The lowest BCUT2D eigenvalue weighted by molar-refractivity contribution is 0.102. The van der Waals surface area contributed by atoms with Gasteiger partial charge in [0.25, 0.3) is 5.91 Å². The van der Waals surface area contributed by atoms with Gasteiger partial charge in [-0.05, 0) is 32.9 Å². The number of carbonyl (C=O) groups is 1. The van der Waals surface area contributed by atoms with E-state index in [-0.39, 0.29) is 17.7 Å². The van der Waals surface area contributed by atoms with Gasteiger partial charge in [-0.3, -0.25) is 4.79 Å². The Bertz CT molecular complexity index is 916. The van der Waals surface area contributed by atoms with E-state index in [2.05, 4.69) is 20.4 Å². The number of benzene rings is 1. The van der Waals surface area contributed by atoms with Crippen LogP contribution in [0, 0.1) is 26.6 Å². The Morgan fingerprint density at radius 3 is 2.44 bits per heavy atom. The Balaban J connectivity index is 1.84. The van der Waals surface area contributed by atoms with Gasteiger partial charge in [-0.25, -0.2) is 4.39 Å². The van der Waals surface area contributed by atoms with Crippen molar-refractivity contribution in [3.05, 3.63) is 59.0 Å². The number of nitrogens with zero attached hydrogens (tertiary/aromatic N) is 3. The van der Waals surface area contributed by atoms with Gasteiger partial charge in [0, 0.05) is 0 Å². The molecule has 25 heavy (non-hydrogen) atoms. The van der Waals surface area contributed by atoms with Crippen LogP contribution in [-0.2, 0) is 0 Å². The molecule has 2 heterocycles. The molecule has 0 bridgehead atoms. The lowest BCUT2D eigenvalue weighted by Crippen LogP contribution is -2.15. The number of amides is 1. The van der Waals surface area contributed by atoms with Crippen molar-refractivity contribution in [3.63, 3.8) is 0 Å². The SMILES string of the molecule is Cc1nc(Oc2ccccc2F)nc(C)c1NC(=O)c1cnoc1C. The molecule has 7 nitrogen and oxygen atoms in total. The molecule has 0 unspecified atom stereocenters. The number of rotatable bonds is 4. The summed E-state index contributed by atoms with van der Waals surface area (Å²) in [7, 11) is 0. The van der Waals surface area contributed by atoms with Crippen LogP contribution in [0.1, 0.15) is 27.5 Å². The molecule has 1 aromatic carbocycles. The summed E-state index contributed by atoms with van der Waals surface area (Å²) < 4.78 is 23.9. The quantitative estimate of drug-likeness (QED) is 0.779. The average Bonchev–Trinajstić information content (AvgIpc) is 2.99. The summed E-state index contributed by atoms with van der Waals surface area (Å²) in [4.78, 5) is 20.6. The Hall–Kier alpha value is -3.29. The van der Waals surface area contributed by atoms with Crippen LogP contribution in [0.3, 0.4) is 0 Å². The fourth-order valence-corrected chi connectivity index (χ4v) is 2.24. The smallest absolute Gasteiger partial charge is 0.322 e. The maximum Gasteiger partial charge on any atom is 0.322 e. The fourth-order valence-electron chi connectivity index (χ4n) is 2.24. The zero-order chi connectivity index (χ0) is 18.0. The van der Waals surface area contributed by atoms with Crippen LogP contribution in [0.4, 0.5) is 10.1 Å². The second-order valence-electron chi connectivity index (χ2n) is 5.33. The molecule has 0 aliphatic heterocycles. The Morgan fingerprint density at radius 1 is 1.16 bits per heavy atom. The maximum absolute atomic E-state index is 13.7. The van der Waals surface area contributed by atoms with E-state index < -0.39 is 5.82 Å². The highest BCUT2D eigenvalue weighted by Crippen LogP contribution is 2.25. The first-order chi connectivity index (χ1) is 12.0. The zero-order valence-corrected chi connectivity index (χ0v) is 13.8. The first-order valence-electron chi connectivity index (χ1n) is 7.46. The van der Waals surface area contributed by atoms with Crippen molar-refractivity contribution in [2.45, 2.75) is 20.8 Å². The van der Waals surface area contributed by atoms with Crippen molar-refractivity contribution in [1.82, 2.24) is 15.1 Å². The van der Waals surface area contributed by atoms with Crippen molar-refractivity contribution in [2.75, 3.05) is 5.32 Å². The summed E-state index contributed by atoms with van der Waals surface area (Å²) in [6.07, 6.45) is 1.34. The van der Waals surface area contributed by atoms with Gasteiger partial charge in [0.05, 0.1) is 23.3 Å². The highest BCUT2D eigenvalue weighted by Gasteiger charge is 2.17. The normalized spacial score (nSPS) is 10.6. The minimum Gasteiger partial charge on any atom is -0.421 e. The summed E-state index contributed by atoms with van der Waals surface area (Å²) in [5.74, 6) is -0.454. The van der Waals surface area contributed by atoms with Crippen LogP contribution >= 0.6 is 0 Å². The van der Waals surface area contributed by atoms with Gasteiger partial charge >= 0.3 is 6.01 Å². The summed E-state index contributed by atoms with van der Waals surface area (Å²) >= 11 is 0. The highest BCUT2D eigenvalue weighted by atomic mass is 19.1. The van der Waals surface area contributed by atoms with Gasteiger partial charge < -0.3 is 14.6 Å². The number of carbonyl (C=O) groups excluding carboxylic acids is 1. The van der Waals surface area contributed by atoms with Gasteiger partial charge in [0.2, 0.25) is 0 Å². The van der Waals surface area contributed by atoms with Crippen LogP contribution in [0.2, 0.25) is 0 Å². The molecule has 128 valence electrons. The molecule has 3 rings (SSSR count).